The highest BCUT2D eigenvalue weighted by Gasteiger charge is 2.07. The number of urea groups is 1. The molecule has 0 atom stereocenters. The number of carbonyl (C=O) groups excluding carboxylic acids is 2. The number of anilines is 1. The lowest BCUT2D eigenvalue weighted by Crippen LogP contribution is -2.22. The van der Waals surface area contributed by atoms with Crippen LogP contribution in [0.3, 0.4) is 0 Å². The van der Waals surface area contributed by atoms with Crippen LogP contribution in [0.5, 0.6) is 0 Å². The van der Waals surface area contributed by atoms with Gasteiger partial charge in [-0.2, -0.15) is 0 Å². The average Bonchev–Trinajstić information content (AvgIpc) is 2.84. The van der Waals surface area contributed by atoms with E-state index in [0.29, 0.717) is 17.1 Å². The van der Waals surface area contributed by atoms with Gasteiger partial charge in [0.25, 0.3) is 5.91 Å². The maximum Gasteiger partial charge on any atom is 0.316 e. The first-order chi connectivity index (χ1) is 9.54. The van der Waals surface area contributed by atoms with E-state index in [1.54, 1.807) is 18.2 Å². The minimum Gasteiger partial charge on any atom is -0.351 e. The zero-order chi connectivity index (χ0) is 14.5. The van der Waals surface area contributed by atoms with Crippen LogP contribution in [0.4, 0.5) is 10.5 Å². The SMILES string of the molecule is NC(=O)Nc1ccc(CNC(=O)c2ccc(Br)s2)cc1. The molecule has 0 aliphatic heterocycles. The third kappa shape index (κ3) is 4.07. The Morgan fingerprint density at radius 1 is 1.15 bits per heavy atom. The molecule has 0 saturated heterocycles. The van der Waals surface area contributed by atoms with Crippen LogP contribution in [0.2, 0.25) is 0 Å². The second-order valence-corrected chi connectivity index (χ2v) is 6.44. The molecule has 104 valence electrons. The summed E-state index contributed by atoms with van der Waals surface area (Å²) in [6, 6.07) is 10.1. The van der Waals surface area contributed by atoms with Gasteiger partial charge in [-0.05, 0) is 45.8 Å². The number of halogens is 1. The summed E-state index contributed by atoms with van der Waals surface area (Å²) in [5.74, 6) is -0.111. The number of hydrogen-bond donors (Lipinski definition) is 3. The van der Waals surface area contributed by atoms with Gasteiger partial charge in [0.05, 0.1) is 8.66 Å². The predicted octanol–water partition coefficient (Wildman–Crippen LogP) is 2.93. The van der Waals surface area contributed by atoms with Gasteiger partial charge in [0, 0.05) is 12.2 Å². The fourth-order valence-electron chi connectivity index (χ4n) is 1.55. The lowest BCUT2D eigenvalue weighted by Gasteiger charge is -2.06. The number of carbonyl (C=O) groups is 2. The Hall–Kier alpha value is -1.86. The van der Waals surface area contributed by atoms with Gasteiger partial charge in [-0.15, -0.1) is 11.3 Å². The highest BCUT2D eigenvalue weighted by atomic mass is 79.9. The van der Waals surface area contributed by atoms with E-state index >= 15 is 0 Å². The van der Waals surface area contributed by atoms with Crippen molar-refractivity contribution < 1.29 is 9.59 Å². The van der Waals surface area contributed by atoms with E-state index in [9.17, 15) is 9.59 Å². The van der Waals surface area contributed by atoms with Crippen molar-refractivity contribution in [3.63, 3.8) is 0 Å². The van der Waals surface area contributed by atoms with E-state index in [2.05, 4.69) is 26.6 Å². The van der Waals surface area contributed by atoms with E-state index in [-0.39, 0.29) is 5.91 Å². The molecule has 4 N–H and O–H groups in total. The van der Waals surface area contributed by atoms with E-state index in [1.165, 1.54) is 11.3 Å². The highest BCUT2D eigenvalue weighted by molar-refractivity contribution is 9.11. The first-order valence-electron chi connectivity index (χ1n) is 5.73. The summed E-state index contributed by atoms with van der Waals surface area (Å²) in [7, 11) is 0. The number of primary amides is 1. The Morgan fingerprint density at radius 2 is 1.85 bits per heavy atom. The van der Waals surface area contributed by atoms with Crippen molar-refractivity contribution >= 4 is 44.9 Å². The molecule has 0 fully saturated rings. The molecule has 0 aliphatic carbocycles. The average molecular weight is 354 g/mol. The van der Waals surface area contributed by atoms with Gasteiger partial charge in [-0.25, -0.2) is 4.79 Å². The molecule has 0 unspecified atom stereocenters. The van der Waals surface area contributed by atoms with E-state index in [0.717, 1.165) is 9.35 Å². The summed E-state index contributed by atoms with van der Waals surface area (Å²) in [6.45, 7) is 0.422. The van der Waals surface area contributed by atoms with E-state index < -0.39 is 6.03 Å². The maximum absolute atomic E-state index is 11.8. The number of nitrogens with two attached hydrogens (primary N) is 1. The number of hydrogen-bond acceptors (Lipinski definition) is 3. The van der Waals surface area contributed by atoms with Crippen LogP contribution in [0, 0.1) is 0 Å². The minimum atomic E-state index is -0.602. The molecule has 5 nitrogen and oxygen atoms in total. The normalized spacial score (nSPS) is 10.1. The van der Waals surface area contributed by atoms with Gasteiger partial charge in [-0.1, -0.05) is 12.1 Å². The molecule has 2 aromatic rings. The summed E-state index contributed by atoms with van der Waals surface area (Å²) in [5, 5.41) is 5.30. The molecule has 7 heteroatoms. The van der Waals surface area contributed by atoms with Gasteiger partial charge in [0.1, 0.15) is 0 Å². The largest absolute Gasteiger partial charge is 0.351 e. The van der Waals surface area contributed by atoms with Gasteiger partial charge in [0.15, 0.2) is 0 Å². The molecular formula is C13H12BrN3O2S. The molecule has 2 rings (SSSR count). The third-order valence-corrected chi connectivity index (χ3v) is 4.09. The van der Waals surface area contributed by atoms with Crippen LogP contribution in [-0.2, 0) is 6.54 Å². The van der Waals surface area contributed by atoms with Crippen molar-refractivity contribution in [1.29, 1.82) is 0 Å². The Bertz CT molecular complexity index is 625. The molecule has 3 amide bonds. The molecule has 1 aromatic heterocycles. The first-order valence-corrected chi connectivity index (χ1v) is 7.34. The molecule has 0 spiro atoms. The molecule has 0 aliphatic rings. The van der Waals surface area contributed by atoms with Crippen LogP contribution in [-0.4, -0.2) is 11.9 Å². The number of nitrogens with one attached hydrogen (secondary N) is 2. The monoisotopic (exact) mass is 353 g/mol. The van der Waals surface area contributed by atoms with Crippen LogP contribution >= 0.6 is 27.3 Å². The number of benzene rings is 1. The Balaban J connectivity index is 1.90. The zero-order valence-electron chi connectivity index (χ0n) is 10.4. The fourth-order valence-corrected chi connectivity index (χ4v) is 2.86. The molecule has 1 aromatic carbocycles. The quantitative estimate of drug-likeness (QED) is 0.789. The van der Waals surface area contributed by atoms with Crippen molar-refractivity contribution in [2.45, 2.75) is 6.54 Å². The number of thiophene rings is 1. The molecule has 0 saturated carbocycles. The smallest absolute Gasteiger partial charge is 0.316 e. The number of rotatable bonds is 4. The topological polar surface area (TPSA) is 84.2 Å². The van der Waals surface area contributed by atoms with Crippen LogP contribution < -0.4 is 16.4 Å². The third-order valence-electron chi connectivity index (χ3n) is 2.47. The lowest BCUT2D eigenvalue weighted by molar-refractivity contribution is 0.0955. The van der Waals surface area contributed by atoms with Gasteiger partial charge in [-0.3, -0.25) is 4.79 Å². The van der Waals surface area contributed by atoms with E-state index in [1.807, 2.05) is 18.2 Å². The van der Waals surface area contributed by atoms with Crippen molar-refractivity contribution in [3.05, 3.63) is 50.6 Å². The minimum absolute atomic E-state index is 0.111. The molecule has 0 bridgehead atoms. The molecule has 1 heterocycles. The summed E-state index contributed by atoms with van der Waals surface area (Å²) in [4.78, 5) is 23.2. The zero-order valence-corrected chi connectivity index (χ0v) is 12.8. The first kappa shape index (κ1) is 14.5. The summed E-state index contributed by atoms with van der Waals surface area (Å²) >= 11 is 4.70. The number of amides is 3. The molecule has 0 radical (unpaired) electrons. The van der Waals surface area contributed by atoms with Crippen molar-refractivity contribution in [2.75, 3.05) is 5.32 Å². The van der Waals surface area contributed by atoms with Crippen LogP contribution in [0.25, 0.3) is 0 Å². The predicted molar refractivity (Wildman–Crippen MR) is 82.8 cm³/mol. The molecule has 20 heavy (non-hydrogen) atoms. The second-order valence-electron chi connectivity index (χ2n) is 3.97. The van der Waals surface area contributed by atoms with Gasteiger partial charge >= 0.3 is 6.03 Å². The summed E-state index contributed by atoms with van der Waals surface area (Å²) in [5.41, 5.74) is 6.57. The Labute approximate surface area is 128 Å². The van der Waals surface area contributed by atoms with Crippen molar-refractivity contribution in [1.82, 2.24) is 5.32 Å². The molecular weight excluding hydrogens is 342 g/mol. The lowest BCUT2D eigenvalue weighted by atomic mass is 10.2. The van der Waals surface area contributed by atoms with Crippen molar-refractivity contribution in [2.24, 2.45) is 5.73 Å². The van der Waals surface area contributed by atoms with Gasteiger partial charge in [0.2, 0.25) is 0 Å². The summed E-state index contributed by atoms with van der Waals surface area (Å²) < 4.78 is 0.921. The van der Waals surface area contributed by atoms with E-state index in [4.69, 9.17) is 5.73 Å². The highest BCUT2D eigenvalue weighted by Crippen LogP contribution is 2.21. The maximum atomic E-state index is 11.8. The second kappa shape index (κ2) is 6.53. The standard InChI is InChI=1S/C13H12BrN3O2S/c14-11-6-5-10(20-11)12(18)16-7-8-1-3-9(4-2-8)17-13(15)19/h1-6H,7H2,(H,16,18)(H3,15,17,19). The Morgan fingerprint density at radius 3 is 2.40 bits per heavy atom. The van der Waals surface area contributed by atoms with Crippen LogP contribution in [0.1, 0.15) is 15.2 Å². The van der Waals surface area contributed by atoms with Gasteiger partial charge < -0.3 is 16.4 Å². The van der Waals surface area contributed by atoms with Crippen molar-refractivity contribution in [3.8, 4) is 0 Å². The van der Waals surface area contributed by atoms with Crippen LogP contribution in [0.15, 0.2) is 40.2 Å². The fraction of sp³-hybridized carbons (Fsp3) is 0.0769. The Kier molecular flexibility index (Phi) is 4.75. The summed E-state index contributed by atoms with van der Waals surface area (Å²) in [6.07, 6.45) is 0.